The number of carbonyl (C=O) groups is 2. The van der Waals surface area contributed by atoms with Gasteiger partial charge in [-0.25, -0.2) is 0 Å². The van der Waals surface area contributed by atoms with Gasteiger partial charge in [0.2, 0.25) is 0 Å². The zero-order valence-electron chi connectivity index (χ0n) is 14.8. The number of nitrogen functional groups attached to an aromatic ring is 1. The summed E-state index contributed by atoms with van der Waals surface area (Å²) in [5, 5.41) is 6.43. The average molecular weight is 371 g/mol. The summed E-state index contributed by atoms with van der Waals surface area (Å²) in [4.78, 5) is 28.9. The molecule has 2 aliphatic heterocycles. The monoisotopic (exact) mass is 371 g/mol. The number of nitrogens with one attached hydrogen (secondary N) is 1. The number of ether oxygens (including phenoxy) is 2. The summed E-state index contributed by atoms with van der Waals surface area (Å²) in [5.74, 6) is 1.29. The minimum Gasteiger partial charge on any atom is -0.486 e. The van der Waals surface area contributed by atoms with Crippen LogP contribution in [0.2, 0.25) is 0 Å². The summed E-state index contributed by atoms with van der Waals surface area (Å²) in [7, 11) is 0. The van der Waals surface area contributed by atoms with E-state index in [-0.39, 0.29) is 17.6 Å². The minimum absolute atomic E-state index is 0.0768. The van der Waals surface area contributed by atoms with Gasteiger partial charge < -0.3 is 25.0 Å². The van der Waals surface area contributed by atoms with Gasteiger partial charge in [0.15, 0.2) is 11.5 Å². The van der Waals surface area contributed by atoms with E-state index in [1.165, 1.54) is 6.07 Å². The van der Waals surface area contributed by atoms with Gasteiger partial charge in [0.25, 0.3) is 11.8 Å². The maximum atomic E-state index is 12.9. The van der Waals surface area contributed by atoms with Crippen molar-refractivity contribution in [3.05, 3.63) is 35.5 Å². The maximum absolute atomic E-state index is 12.9. The zero-order valence-corrected chi connectivity index (χ0v) is 14.8. The number of anilines is 1. The molecule has 0 atom stereocenters. The quantitative estimate of drug-likeness (QED) is 0.805. The molecule has 2 aromatic rings. The van der Waals surface area contributed by atoms with Crippen molar-refractivity contribution in [2.75, 3.05) is 45.1 Å². The standard InChI is InChI=1S/C18H21N5O4/c19-16-11-13(20-21-16)18(25)23-5-1-4-22(6-7-23)17(24)12-2-3-14-15(10-12)27-9-8-26-14/h2-3,10-11H,1,4-9H2,(H3,19,20,21). The van der Waals surface area contributed by atoms with Crippen LogP contribution in [0.15, 0.2) is 24.3 Å². The van der Waals surface area contributed by atoms with Crippen LogP contribution in [-0.2, 0) is 0 Å². The highest BCUT2D eigenvalue weighted by Crippen LogP contribution is 2.31. The van der Waals surface area contributed by atoms with Gasteiger partial charge >= 0.3 is 0 Å². The van der Waals surface area contributed by atoms with E-state index in [9.17, 15) is 9.59 Å². The Kier molecular flexibility index (Phi) is 4.57. The Balaban J connectivity index is 1.43. The summed E-state index contributed by atoms with van der Waals surface area (Å²) in [6.07, 6.45) is 0.700. The highest BCUT2D eigenvalue weighted by Gasteiger charge is 2.25. The molecule has 1 aromatic heterocycles. The SMILES string of the molecule is Nc1cc(C(=O)N2CCCN(C(=O)c3ccc4c(c3)OCCO4)CC2)[nH]n1. The molecule has 1 fully saturated rings. The molecule has 9 nitrogen and oxygen atoms in total. The first-order valence-electron chi connectivity index (χ1n) is 8.91. The van der Waals surface area contributed by atoms with Crippen molar-refractivity contribution < 1.29 is 19.1 Å². The Morgan fingerprint density at radius 3 is 2.37 bits per heavy atom. The van der Waals surface area contributed by atoms with Gasteiger partial charge in [-0.3, -0.25) is 14.7 Å². The van der Waals surface area contributed by atoms with E-state index in [2.05, 4.69) is 10.2 Å². The Bertz CT molecular complexity index is 865. The van der Waals surface area contributed by atoms with Crippen LogP contribution in [0.25, 0.3) is 0 Å². The molecule has 0 unspecified atom stereocenters. The van der Waals surface area contributed by atoms with Crippen molar-refractivity contribution in [3.63, 3.8) is 0 Å². The van der Waals surface area contributed by atoms with Crippen LogP contribution in [0.4, 0.5) is 5.82 Å². The lowest BCUT2D eigenvalue weighted by Crippen LogP contribution is -2.37. The second-order valence-corrected chi connectivity index (χ2v) is 6.50. The summed E-state index contributed by atoms with van der Waals surface area (Å²) in [6, 6.07) is 6.75. The van der Waals surface area contributed by atoms with E-state index >= 15 is 0 Å². The number of carbonyl (C=O) groups excluding carboxylic acids is 2. The Hall–Kier alpha value is -3.23. The minimum atomic E-state index is -0.159. The lowest BCUT2D eigenvalue weighted by atomic mass is 10.1. The molecule has 0 bridgehead atoms. The van der Waals surface area contributed by atoms with Crippen molar-refractivity contribution in [3.8, 4) is 11.5 Å². The molecule has 0 spiro atoms. The summed E-state index contributed by atoms with van der Waals surface area (Å²) < 4.78 is 11.1. The highest BCUT2D eigenvalue weighted by atomic mass is 16.6. The van der Waals surface area contributed by atoms with E-state index in [0.717, 1.165) is 0 Å². The molecule has 27 heavy (non-hydrogen) atoms. The molecule has 0 saturated carbocycles. The molecule has 1 saturated heterocycles. The lowest BCUT2D eigenvalue weighted by Gasteiger charge is -2.23. The number of hydrogen-bond acceptors (Lipinski definition) is 6. The van der Waals surface area contributed by atoms with Crippen LogP contribution in [-0.4, -0.2) is 71.2 Å². The second-order valence-electron chi connectivity index (χ2n) is 6.50. The third-order valence-corrected chi connectivity index (χ3v) is 4.69. The van der Waals surface area contributed by atoms with Crippen molar-refractivity contribution in [2.24, 2.45) is 0 Å². The first-order chi connectivity index (χ1) is 13.1. The first-order valence-corrected chi connectivity index (χ1v) is 8.91. The summed E-state index contributed by atoms with van der Waals surface area (Å²) in [5.41, 5.74) is 6.48. The number of rotatable bonds is 2. The van der Waals surface area contributed by atoms with Gasteiger partial charge in [-0.2, -0.15) is 5.10 Å². The molecule has 1 aromatic carbocycles. The van der Waals surface area contributed by atoms with Crippen LogP contribution in [0.3, 0.4) is 0 Å². The van der Waals surface area contributed by atoms with Crippen LogP contribution >= 0.6 is 0 Å². The largest absolute Gasteiger partial charge is 0.486 e. The Labute approximate surface area is 156 Å². The molecule has 4 rings (SSSR count). The third kappa shape index (κ3) is 3.53. The number of fused-ring (bicyclic) bond motifs is 1. The molecular formula is C18H21N5O4. The molecule has 0 radical (unpaired) electrons. The van der Waals surface area contributed by atoms with Crippen LogP contribution in [0.1, 0.15) is 27.3 Å². The van der Waals surface area contributed by atoms with Crippen molar-refractivity contribution in [2.45, 2.75) is 6.42 Å². The van der Waals surface area contributed by atoms with Crippen molar-refractivity contribution >= 4 is 17.6 Å². The van der Waals surface area contributed by atoms with Crippen LogP contribution < -0.4 is 15.2 Å². The second kappa shape index (κ2) is 7.18. The van der Waals surface area contributed by atoms with Gasteiger partial charge in [-0.1, -0.05) is 0 Å². The molecular weight excluding hydrogens is 350 g/mol. The van der Waals surface area contributed by atoms with Crippen molar-refractivity contribution in [1.29, 1.82) is 0 Å². The maximum Gasteiger partial charge on any atom is 0.272 e. The predicted octanol–water partition coefficient (Wildman–Crippen LogP) is 0.751. The number of benzene rings is 1. The zero-order chi connectivity index (χ0) is 18.8. The number of hydrogen-bond donors (Lipinski definition) is 2. The average Bonchev–Trinajstić information content (AvgIpc) is 2.98. The fraction of sp³-hybridized carbons (Fsp3) is 0.389. The molecule has 2 aliphatic rings. The Morgan fingerprint density at radius 2 is 1.67 bits per heavy atom. The van der Waals surface area contributed by atoms with E-state index in [1.54, 1.807) is 28.0 Å². The van der Waals surface area contributed by atoms with E-state index in [1.807, 2.05) is 0 Å². The molecule has 9 heteroatoms. The summed E-state index contributed by atoms with van der Waals surface area (Å²) >= 11 is 0. The number of nitrogens with zero attached hydrogens (tertiary/aromatic N) is 3. The van der Waals surface area contributed by atoms with E-state index in [0.29, 0.717) is 68.6 Å². The molecule has 142 valence electrons. The van der Waals surface area contributed by atoms with E-state index in [4.69, 9.17) is 15.2 Å². The van der Waals surface area contributed by atoms with Gasteiger partial charge in [-0.05, 0) is 24.6 Å². The van der Waals surface area contributed by atoms with Gasteiger partial charge in [-0.15, -0.1) is 0 Å². The fourth-order valence-electron chi connectivity index (χ4n) is 3.30. The fourth-order valence-corrected chi connectivity index (χ4v) is 3.30. The van der Waals surface area contributed by atoms with Gasteiger partial charge in [0.05, 0.1) is 0 Å². The topological polar surface area (TPSA) is 114 Å². The van der Waals surface area contributed by atoms with Crippen LogP contribution in [0, 0.1) is 0 Å². The van der Waals surface area contributed by atoms with Gasteiger partial charge in [0.1, 0.15) is 24.7 Å². The lowest BCUT2D eigenvalue weighted by molar-refractivity contribution is 0.0715. The number of amides is 2. The summed E-state index contributed by atoms with van der Waals surface area (Å²) in [6.45, 7) is 3.06. The normalized spacial score (nSPS) is 16.7. The highest BCUT2D eigenvalue weighted by molar-refractivity contribution is 5.95. The smallest absolute Gasteiger partial charge is 0.272 e. The first kappa shape index (κ1) is 17.2. The van der Waals surface area contributed by atoms with Crippen LogP contribution in [0.5, 0.6) is 11.5 Å². The molecule has 0 aliphatic carbocycles. The number of nitrogens with two attached hydrogens (primary N) is 1. The number of aromatic nitrogens is 2. The molecule has 3 heterocycles. The third-order valence-electron chi connectivity index (χ3n) is 4.69. The number of H-pyrrole nitrogens is 1. The van der Waals surface area contributed by atoms with E-state index < -0.39 is 0 Å². The molecule has 2 amide bonds. The molecule has 3 N–H and O–H groups in total. The van der Waals surface area contributed by atoms with Gasteiger partial charge in [0, 0.05) is 37.8 Å². The van der Waals surface area contributed by atoms with Crippen molar-refractivity contribution in [1.82, 2.24) is 20.0 Å². The Morgan fingerprint density at radius 1 is 0.963 bits per heavy atom. The number of aromatic amines is 1. The predicted molar refractivity (Wildman–Crippen MR) is 96.9 cm³/mol.